The molecule has 100 valence electrons. The van der Waals surface area contributed by atoms with E-state index in [1.807, 2.05) is 6.92 Å². The number of para-hydroxylation sites is 1. The highest BCUT2D eigenvalue weighted by Crippen LogP contribution is 2.17. The Balaban J connectivity index is 2.45. The first-order chi connectivity index (χ1) is 8.52. The van der Waals surface area contributed by atoms with Gasteiger partial charge in [-0.2, -0.15) is 0 Å². The fourth-order valence-corrected chi connectivity index (χ4v) is 1.98. The van der Waals surface area contributed by atoms with Crippen LogP contribution >= 0.6 is 0 Å². The fourth-order valence-electron chi connectivity index (χ4n) is 1.53. The Labute approximate surface area is 109 Å². The number of nitro groups is 1. The standard InChI is InChI=1S/C12H18N2O3S/c1-10(18(2)17)7-8-13-9-11-5-3-4-6-12(11)14(15)16/h3-6,10,13H,7-9H2,1-2H3. The van der Waals surface area contributed by atoms with E-state index in [0.29, 0.717) is 18.7 Å². The van der Waals surface area contributed by atoms with Gasteiger partial charge in [0.1, 0.15) is 0 Å². The molecule has 0 spiro atoms. The summed E-state index contributed by atoms with van der Waals surface area (Å²) in [6, 6.07) is 6.69. The van der Waals surface area contributed by atoms with Gasteiger partial charge in [0, 0.05) is 40.5 Å². The van der Waals surface area contributed by atoms with Crippen molar-refractivity contribution in [3.05, 3.63) is 39.9 Å². The molecule has 2 unspecified atom stereocenters. The molecular formula is C12H18N2O3S. The molecular weight excluding hydrogens is 252 g/mol. The Kier molecular flexibility index (Phi) is 5.94. The second-order valence-electron chi connectivity index (χ2n) is 4.16. The van der Waals surface area contributed by atoms with Crippen molar-refractivity contribution in [3.63, 3.8) is 0 Å². The Bertz CT molecular complexity index is 437. The maximum absolute atomic E-state index is 11.1. The van der Waals surface area contributed by atoms with E-state index in [9.17, 15) is 14.3 Å². The molecule has 6 heteroatoms. The number of hydrogen-bond donors (Lipinski definition) is 1. The third-order valence-corrected chi connectivity index (χ3v) is 4.17. The van der Waals surface area contributed by atoms with Gasteiger partial charge in [0.05, 0.1) is 4.92 Å². The first kappa shape index (κ1) is 14.8. The molecule has 0 aromatic heterocycles. The predicted octanol–water partition coefficient (Wildman–Crippen LogP) is 1.84. The molecule has 0 saturated carbocycles. The number of benzene rings is 1. The molecule has 0 bridgehead atoms. The average molecular weight is 270 g/mol. The molecule has 0 aliphatic rings. The molecule has 0 heterocycles. The molecule has 1 N–H and O–H groups in total. The molecule has 0 radical (unpaired) electrons. The van der Waals surface area contributed by atoms with Crippen LogP contribution in [0.1, 0.15) is 18.9 Å². The smallest absolute Gasteiger partial charge is 0.273 e. The lowest BCUT2D eigenvalue weighted by Gasteiger charge is -2.09. The topological polar surface area (TPSA) is 72.2 Å². The van der Waals surface area contributed by atoms with E-state index in [1.165, 1.54) is 6.07 Å². The van der Waals surface area contributed by atoms with E-state index >= 15 is 0 Å². The lowest BCUT2D eigenvalue weighted by atomic mass is 10.2. The second-order valence-corrected chi connectivity index (χ2v) is 5.96. The van der Waals surface area contributed by atoms with E-state index in [1.54, 1.807) is 24.5 Å². The van der Waals surface area contributed by atoms with Crippen LogP contribution in [0.3, 0.4) is 0 Å². The molecule has 5 nitrogen and oxygen atoms in total. The summed E-state index contributed by atoms with van der Waals surface area (Å²) in [5.74, 6) is 0. The SMILES string of the molecule is CC(CCNCc1ccccc1[N+](=O)[O-])S(C)=O. The highest BCUT2D eigenvalue weighted by molar-refractivity contribution is 7.84. The Morgan fingerprint density at radius 2 is 2.11 bits per heavy atom. The third-order valence-electron chi connectivity index (χ3n) is 2.80. The van der Waals surface area contributed by atoms with Crippen molar-refractivity contribution >= 4 is 16.5 Å². The number of nitro benzene ring substituents is 1. The molecule has 0 fully saturated rings. The maximum Gasteiger partial charge on any atom is 0.273 e. The van der Waals surface area contributed by atoms with Crippen molar-refractivity contribution in [1.29, 1.82) is 0 Å². The van der Waals surface area contributed by atoms with Gasteiger partial charge in [-0.25, -0.2) is 0 Å². The van der Waals surface area contributed by atoms with Gasteiger partial charge in [-0.1, -0.05) is 25.1 Å². The summed E-state index contributed by atoms with van der Waals surface area (Å²) in [4.78, 5) is 10.4. The van der Waals surface area contributed by atoms with Crippen molar-refractivity contribution in [2.24, 2.45) is 0 Å². The quantitative estimate of drug-likeness (QED) is 0.466. The summed E-state index contributed by atoms with van der Waals surface area (Å²) in [5, 5.41) is 14.1. The molecule has 0 aliphatic carbocycles. The van der Waals surface area contributed by atoms with Crippen LogP contribution in [0.4, 0.5) is 5.69 Å². The van der Waals surface area contributed by atoms with Crippen LogP contribution < -0.4 is 5.32 Å². The largest absolute Gasteiger partial charge is 0.312 e. The summed E-state index contributed by atoms with van der Waals surface area (Å²) in [5.41, 5.74) is 0.810. The highest BCUT2D eigenvalue weighted by atomic mass is 32.2. The van der Waals surface area contributed by atoms with E-state index in [2.05, 4.69) is 5.32 Å². The van der Waals surface area contributed by atoms with Crippen molar-refractivity contribution in [2.45, 2.75) is 25.1 Å². The summed E-state index contributed by atoms with van der Waals surface area (Å²) in [6.45, 7) is 3.09. The van der Waals surface area contributed by atoms with Crippen LogP contribution in [0.25, 0.3) is 0 Å². The number of hydrogen-bond acceptors (Lipinski definition) is 4. The number of rotatable bonds is 7. The summed E-state index contributed by atoms with van der Waals surface area (Å²) in [7, 11) is -0.818. The van der Waals surface area contributed by atoms with Crippen molar-refractivity contribution in [3.8, 4) is 0 Å². The predicted molar refractivity (Wildman–Crippen MR) is 72.9 cm³/mol. The van der Waals surface area contributed by atoms with Crippen molar-refractivity contribution < 1.29 is 9.13 Å². The van der Waals surface area contributed by atoms with Crippen LogP contribution in [0.2, 0.25) is 0 Å². The van der Waals surface area contributed by atoms with Crippen molar-refractivity contribution in [2.75, 3.05) is 12.8 Å². The minimum absolute atomic E-state index is 0.136. The lowest BCUT2D eigenvalue weighted by molar-refractivity contribution is -0.385. The summed E-state index contributed by atoms with van der Waals surface area (Å²) < 4.78 is 11.1. The van der Waals surface area contributed by atoms with Crippen LogP contribution in [-0.2, 0) is 17.3 Å². The van der Waals surface area contributed by atoms with Gasteiger partial charge in [-0.15, -0.1) is 0 Å². The Morgan fingerprint density at radius 1 is 1.44 bits per heavy atom. The normalized spacial score (nSPS) is 14.1. The van der Waals surface area contributed by atoms with Crippen molar-refractivity contribution in [1.82, 2.24) is 5.32 Å². The van der Waals surface area contributed by atoms with Crippen LogP contribution in [-0.4, -0.2) is 27.2 Å². The van der Waals surface area contributed by atoms with Gasteiger partial charge in [0.25, 0.3) is 5.69 Å². The first-order valence-corrected chi connectivity index (χ1v) is 7.39. The van der Waals surface area contributed by atoms with E-state index < -0.39 is 10.8 Å². The fraction of sp³-hybridized carbons (Fsp3) is 0.500. The zero-order chi connectivity index (χ0) is 13.5. The van der Waals surface area contributed by atoms with E-state index in [-0.39, 0.29) is 15.9 Å². The van der Waals surface area contributed by atoms with Gasteiger partial charge >= 0.3 is 0 Å². The Morgan fingerprint density at radius 3 is 2.72 bits per heavy atom. The minimum Gasteiger partial charge on any atom is -0.312 e. The minimum atomic E-state index is -0.818. The molecule has 0 saturated heterocycles. The lowest BCUT2D eigenvalue weighted by Crippen LogP contribution is -2.21. The first-order valence-electron chi connectivity index (χ1n) is 5.77. The van der Waals surface area contributed by atoms with Crippen LogP contribution in [0.15, 0.2) is 24.3 Å². The van der Waals surface area contributed by atoms with Crippen LogP contribution in [0, 0.1) is 10.1 Å². The summed E-state index contributed by atoms with van der Waals surface area (Å²) >= 11 is 0. The van der Waals surface area contributed by atoms with Gasteiger partial charge in [-0.05, 0) is 13.0 Å². The molecule has 0 aliphatic heterocycles. The number of nitrogens with one attached hydrogen (secondary N) is 1. The van der Waals surface area contributed by atoms with E-state index in [4.69, 9.17) is 0 Å². The van der Waals surface area contributed by atoms with Gasteiger partial charge < -0.3 is 5.32 Å². The monoisotopic (exact) mass is 270 g/mol. The third kappa shape index (κ3) is 4.54. The zero-order valence-corrected chi connectivity index (χ0v) is 11.4. The van der Waals surface area contributed by atoms with Crippen LogP contribution in [0.5, 0.6) is 0 Å². The molecule has 1 rings (SSSR count). The van der Waals surface area contributed by atoms with Gasteiger partial charge in [-0.3, -0.25) is 14.3 Å². The molecule has 1 aromatic rings. The zero-order valence-electron chi connectivity index (χ0n) is 10.6. The molecule has 18 heavy (non-hydrogen) atoms. The number of nitrogens with zero attached hydrogens (tertiary/aromatic N) is 1. The van der Waals surface area contributed by atoms with E-state index in [0.717, 1.165) is 6.42 Å². The van der Waals surface area contributed by atoms with Gasteiger partial charge in [0.15, 0.2) is 0 Å². The molecule has 2 atom stereocenters. The highest BCUT2D eigenvalue weighted by Gasteiger charge is 2.11. The molecule has 1 aromatic carbocycles. The second kappa shape index (κ2) is 7.23. The average Bonchev–Trinajstić information content (AvgIpc) is 2.34. The van der Waals surface area contributed by atoms with Gasteiger partial charge in [0.2, 0.25) is 0 Å². The molecule has 0 amide bonds. The summed E-state index contributed by atoms with van der Waals surface area (Å²) in [6.07, 6.45) is 2.48. The Hall–Kier alpha value is -1.27. The maximum atomic E-state index is 11.1.